The van der Waals surface area contributed by atoms with Crippen LogP contribution in [-0.2, 0) is 9.15 Å². The first kappa shape index (κ1) is 18.2. The minimum absolute atomic E-state index is 0.399. The van der Waals surface area contributed by atoms with Crippen LogP contribution in [0.4, 0.5) is 0 Å². The molecule has 4 nitrogen and oxygen atoms in total. The van der Waals surface area contributed by atoms with Crippen LogP contribution in [0.1, 0.15) is 58.3 Å². The summed E-state index contributed by atoms with van der Waals surface area (Å²) < 4.78 is 29.3. The van der Waals surface area contributed by atoms with Gasteiger partial charge in [0.05, 0.1) is 0 Å². The van der Waals surface area contributed by atoms with Crippen molar-refractivity contribution >= 4 is 19.9 Å². The fraction of sp³-hybridized carbons (Fsp3) is 1.00. The molecule has 0 bridgehead atoms. The van der Waals surface area contributed by atoms with E-state index in [1.54, 1.807) is 0 Å². The van der Waals surface area contributed by atoms with Crippen LogP contribution in [0.15, 0.2) is 0 Å². The molecule has 0 aromatic rings. The van der Waals surface area contributed by atoms with Crippen LogP contribution in [0.3, 0.4) is 0 Å². The molecule has 0 aromatic carbocycles. The lowest BCUT2D eigenvalue weighted by molar-refractivity contribution is 0.503. The summed E-state index contributed by atoms with van der Waals surface area (Å²) >= 11 is 0. The molecule has 0 aromatic heterocycles. The van der Waals surface area contributed by atoms with Gasteiger partial charge in [0.1, 0.15) is 0 Å². The van der Waals surface area contributed by atoms with Crippen LogP contribution in [0.5, 0.6) is 0 Å². The molecule has 110 valence electrons. The summed E-state index contributed by atoms with van der Waals surface area (Å²) in [4.78, 5) is 0. The number of hydrogen-bond acceptors (Lipinski definition) is 4. The number of nitrogens with one attached hydrogen (secondary N) is 1. The molecule has 0 amide bonds. The SMILES string of the molecule is CCCCCCCCCCNCCSS(=O)(=O)O. The van der Waals surface area contributed by atoms with Gasteiger partial charge in [-0.1, -0.05) is 51.9 Å². The van der Waals surface area contributed by atoms with E-state index in [0.717, 1.165) is 13.0 Å². The molecule has 0 aliphatic carbocycles. The predicted octanol–water partition coefficient (Wildman–Crippen LogP) is 3.25. The lowest BCUT2D eigenvalue weighted by Gasteiger charge is -2.04. The second-order valence-electron chi connectivity index (χ2n) is 4.47. The third-order valence-electron chi connectivity index (χ3n) is 2.72. The van der Waals surface area contributed by atoms with Crippen molar-refractivity contribution in [1.82, 2.24) is 5.32 Å². The summed E-state index contributed by atoms with van der Waals surface area (Å²) in [6, 6.07) is 0. The Morgan fingerprint density at radius 3 is 2.06 bits per heavy atom. The average molecular weight is 297 g/mol. The summed E-state index contributed by atoms with van der Waals surface area (Å²) in [6.45, 7) is 3.79. The van der Waals surface area contributed by atoms with Crippen molar-refractivity contribution in [3.63, 3.8) is 0 Å². The molecule has 0 fully saturated rings. The number of hydrogen-bond donors (Lipinski definition) is 2. The van der Waals surface area contributed by atoms with E-state index in [1.807, 2.05) is 0 Å². The Morgan fingerprint density at radius 2 is 1.50 bits per heavy atom. The molecule has 2 N–H and O–H groups in total. The van der Waals surface area contributed by atoms with E-state index in [0.29, 0.717) is 23.1 Å². The van der Waals surface area contributed by atoms with Crippen molar-refractivity contribution in [3.05, 3.63) is 0 Å². The molecule has 0 aliphatic heterocycles. The van der Waals surface area contributed by atoms with Gasteiger partial charge in [-0.15, -0.1) is 0 Å². The van der Waals surface area contributed by atoms with E-state index in [2.05, 4.69) is 12.2 Å². The van der Waals surface area contributed by atoms with Gasteiger partial charge in [-0.05, 0) is 23.8 Å². The molecule has 0 heterocycles. The first-order valence-corrected chi connectivity index (χ1v) is 9.83. The molecular formula is C12H27NO3S2. The first-order chi connectivity index (χ1) is 8.56. The van der Waals surface area contributed by atoms with Gasteiger partial charge in [-0.25, -0.2) is 0 Å². The molecule has 0 radical (unpaired) electrons. The second kappa shape index (κ2) is 12.3. The molecule has 0 rings (SSSR count). The van der Waals surface area contributed by atoms with Crippen molar-refractivity contribution in [2.45, 2.75) is 58.3 Å². The molecule has 0 atom stereocenters. The summed E-state index contributed by atoms with van der Waals surface area (Å²) in [5.41, 5.74) is 0. The Morgan fingerprint density at radius 1 is 0.944 bits per heavy atom. The fourth-order valence-corrected chi connectivity index (χ4v) is 3.05. The van der Waals surface area contributed by atoms with Gasteiger partial charge in [-0.2, -0.15) is 8.42 Å². The molecule has 0 spiro atoms. The zero-order valence-electron chi connectivity index (χ0n) is 11.4. The first-order valence-electron chi connectivity index (χ1n) is 6.89. The Kier molecular flexibility index (Phi) is 12.4. The van der Waals surface area contributed by atoms with E-state index in [-0.39, 0.29) is 0 Å². The molecule has 18 heavy (non-hydrogen) atoms. The quantitative estimate of drug-likeness (QED) is 0.310. The molecule has 0 saturated heterocycles. The lowest BCUT2D eigenvalue weighted by atomic mass is 10.1. The van der Waals surface area contributed by atoms with Gasteiger partial charge in [0, 0.05) is 12.3 Å². The smallest absolute Gasteiger partial charge is 0.316 e. The van der Waals surface area contributed by atoms with Gasteiger partial charge in [-0.3, -0.25) is 4.55 Å². The normalized spacial score (nSPS) is 11.9. The van der Waals surface area contributed by atoms with Crippen LogP contribution < -0.4 is 5.32 Å². The summed E-state index contributed by atoms with van der Waals surface area (Å²) in [5.74, 6) is 0.399. The predicted molar refractivity (Wildman–Crippen MR) is 79.5 cm³/mol. The fourth-order valence-electron chi connectivity index (χ4n) is 1.73. The van der Waals surface area contributed by atoms with E-state index in [9.17, 15) is 8.42 Å². The van der Waals surface area contributed by atoms with Crippen LogP contribution in [0.25, 0.3) is 0 Å². The van der Waals surface area contributed by atoms with Crippen LogP contribution in [-0.4, -0.2) is 31.8 Å². The Bertz CT molecular complexity index is 268. The van der Waals surface area contributed by atoms with E-state index in [1.165, 1.54) is 44.9 Å². The number of unbranched alkanes of at least 4 members (excludes halogenated alkanes) is 7. The zero-order chi connectivity index (χ0) is 13.7. The summed E-state index contributed by atoms with van der Waals surface area (Å²) in [6.07, 6.45) is 10.4. The molecular weight excluding hydrogens is 270 g/mol. The van der Waals surface area contributed by atoms with Crippen LogP contribution in [0, 0.1) is 0 Å². The zero-order valence-corrected chi connectivity index (χ0v) is 13.0. The summed E-state index contributed by atoms with van der Waals surface area (Å²) in [5, 5.41) is 3.17. The highest BCUT2D eigenvalue weighted by molar-refractivity contribution is 8.69. The van der Waals surface area contributed by atoms with Crippen LogP contribution >= 0.6 is 10.8 Å². The monoisotopic (exact) mass is 297 g/mol. The van der Waals surface area contributed by atoms with Gasteiger partial charge in [0.15, 0.2) is 0 Å². The van der Waals surface area contributed by atoms with E-state index in [4.69, 9.17) is 4.55 Å². The van der Waals surface area contributed by atoms with Gasteiger partial charge >= 0.3 is 9.15 Å². The molecule has 0 saturated carbocycles. The third kappa shape index (κ3) is 16.2. The maximum atomic E-state index is 10.4. The van der Waals surface area contributed by atoms with Gasteiger partial charge in [0.25, 0.3) is 0 Å². The maximum absolute atomic E-state index is 10.4. The van der Waals surface area contributed by atoms with Gasteiger partial charge in [0.2, 0.25) is 0 Å². The van der Waals surface area contributed by atoms with Crippen molar-refractivity contribution in [2.75, 3.05) is 18.8 Å². The topological polar surface area (TPSA) is 66.4 Å². The molecule has 0 unspecified atom stereocenters. The average Bonchev–Trinajstić information content (AvgIpc) is 2.29. The standard InChI is InChI=1S/C12H27NO3S2/c1-2-3-4-5-6-7-8-9-10-13-11-12-17-18(14,15)16/h13H,2-12H2,1H3,(H,14,15,16). The lowest BCUT2D eigenvalue weighted by Crippen LogP contribution is -2.18. The Labute approximate surface area is 115 Å². The minimum Gasteiger partial charge on any atom is -0.316 e. The minimum atomic E-state index is -3.86. The van der Waals surface area contributed by atoms with E-state index < -0.39 is 9.15 Å². The van der Waals surface area contributed by atoms with Crippen molar-refractivity contribution in [1.29, 1.82) is 0 Å². The highest BCUT2D eigenvalue weighted by Crippen LogP contribution is 2.08. The third-order valence-corrected chi connectivity index (χ3v) is 4.78. The van der Waals surface area contributed by atoms with Gasteiger partial charge < -0.3 is 5.32 Å². The Hall–Kier alpha value is 0.220. The molecule has 0 aliphatic rings. The molecule has 6 heteroatoms. The largest absolute Gasteiger partial charge is 0.319 e. The highest BCUT2D eigenvalue weighted by Gasteiger charge is 2.03. The van der Waals surface area contributed by atoms with Crippen molar-refractivity contribution in [3.8, 4) is 0 Å². The van der Waals surface area contributed by atoms with Crippen LogP contribution in [0.2, 0.25) is 0 Å². The Balaban J connectivity index is 3.03. The van der Waals surface area contributed by atoms with Crippen molar-refractivity contribution in [2.24, 2.45) is 0 Å². The van der Waals surface area contributed by atoms with E-state index >= 15 is 0 Å². The number of rotatable bonds is 13. The highest BCUT2D eigenvalue weighted by atomic mass is 33.1. The summed E-state index contributed by atoms with van der Waals surface area (Å²) in [7, 11) is -3.28. The second-order valence-corrected chi connectivity index (χ2v) is 7.94. The maximum Gasteiger partial charge on any atom is 0.319 e. The van der Waals surface area contributed by atoms with Crippen molar-refractivity contribution < 1.29 is 13.0 Å².